The number of tetrazole rings is 1. The van der Waals surface area contributed by atoms with E-state index in [2.05, 4.69) is 30.0 Å². The first-order chi connectivity index (χ1) is 14.1. The van der Waals surface area contributed by atoms with Gasteiger partial charge < -0.3 is 15.8 Å². The first-order valence-corrected chi connectivity index (χ1v) is 10.3. The summed E-state index contributed by atoms with van der Waals surface area (Å²) >= 11 is 0. The minimum Gasteiger partial charge on any atom is -0.490 e. The second kappa shape index (κ2) is 7.12. The highest BCUT2D eigenvalue weighted by Crippen LogP contribution is 2.46. The molecule has 0 radical (unpaired) electrons. The molecular weight excluding hydrogens is 412 g/mol. The van der Waals surface area contributed by atoms with E-state index < -0.39 is 16.5 Å². The lowest BCUT2D eigenvalue weighted by Gasteiger charge is -2.34. The minimum absolute atomic E-state index is 0.0450. The van der Waals surface area contributed by atoms with Gasteiger partial charge in [-0.2, -0.15) is 0 Å². The number of hydrogen-bond acceptors (Lipinski definition) is 10. The van der Waals surface area contributed by atoms with E-state index in [1.54, 1.807) is 36.5 Å². The lowest BCUT2D eigenvalue weighted by atomic mass is 10.1. The quantitative estimate of drug-likeness (QED) is 0.400. The van der Waals surface area contributed by atoms with Gasteiger partial charge in [0.25, 0.3) is 5.91 Å². The molecular formula is C17H20N8O4S. The third-order valence-corrected chi connectivity index (χ3v) is 5.20. The van der Waals surface area contributed by atoms with Gasteiger partial charge in [0.15, 0.2) is 11.5 Å². The summed E-state index contributed by atoms with van der Waals surface area (Å²) in [6.45, 7) is 3.74. The molecule has 0 saturated carbocycles. The predicted molar refractivity (Wildman–Crippen MR) is 111 cm³/mol. The molecule has 3 aromatic rings. The number of fused-ring (bicyclic) bond motifs is 2. The Morgan fingerprint density at radius 3 is 2.97 bits per heavy atom. The Hall–Kier alpha value is -3.42. The van der Waals surface area contributed by atoms with E-state index in [-0.39, 0.29) is 18.3 Å². The number of nitrogens with zero attached hydrogens (tertiary/aromatic N) is 5. The van der Waals surface area contributed by atoms with Crippen LogP contribution in [0.25, 0.3) is 5.65 Å². The number of nitrogens with one attached hydrogen (secondary N) is 2. The third kappa shape index (κ3) is 3.98. The van der Waals surface area contributed by atoms with Crippen molar-refractivity contribution in [2.24, 2.45) is 10.1 Å². The van der Waals surface area contributed by atoms with Gasteiger partial charge in [-0.05, 0) is 59.5 Å². The Bertz CT molecular complexity index is 1160. The van der Waals surface area contributed by atoms with Gasteiger partial charge >= 0.3 is 0 Å². The maximum Gasteiger partial charge on any atom is 0.252 e. The SMILES string of the molecule is CC(C)(COc1cccc2c1C(N)=NS(O)(O)N2)NC(=O)c1ccn2nnnc2c1. The van der Waals surface area contributed by atoms with E-state index in [1.165, 1.54) is 4.52 Å². The van der Waals surface area contributed by atoms with Crippen LogP contribution < -0.4 is 20.5 Å². The molecule has 0 unspecified atom stereocenters. The lowest BCUT2D eigenvalue weighted by molar-refractivity contribution is 0.0880. The van der Waals surface area contributed by atoms with Gasteiger partial charge in [0.05, 0.1) is 16.8 Å². The van der Waals surface area contributed by atoms with Crippen LogP contribution in [0.15, 0.2) is 40.9 Å². The molecule has 1 amide bonds. The lowest BCUT2D eigenvalue weighted by Crippen LogP contribution is -2.48. The molecule has 1 aromatic carbocycles. The summed E-state index contributed by atoms with van der Waals surface area (Å²) in [5, 5.41) is 14.0. The molecule has 3 heterocycles. The fourth-order valence-corrected chi connectivity index (χ4v) is 3.78. The van der Waals surface area contributed by atoms with Crippen LogP contribution >= 0.6 is 11.0 Å². The molecule has 30 heavy (non-hydrogen) atoms. The second-order valence-corrected chi connectivity index (χ2v) is 8.72. The summed E-state index contributed by atoms with van der Waals surface area (Å²) in [6, 6.07) is 8.21. The number of ether oxygens (including phenoxy) is 1. The van der Waals surface area contributed by atoms with Gasteiger partial charge in [-0.1, -0.05) is 6.07 Å². The molecule has 6 N–H and O–H groups in total. The highest BCUT2D eigenvalue weighted by Gasteiger charge is 2.27. The predicted octanol–water partition coefficient (Wildman–Crippen LogP) is 1.42. The van der Waals surface area contributed by atoms with Crippen molar-refractivity contribution in [2.75, 3.05) is 11.3 Å². The second-order valence-electron chi connectivity index (χ2n) is 7.30. The number of rotatable bonds is 5. The highest BCUT2D eigenvalue weighted by molar-refractivity contribution is 8.24. The van der Waals surface area contributed by atoms with Crippen LogP contribution in [-0.4, -0.2) is 53.0 Å². The largest absolute Gasteiger partial charge is 0.490 e. The summed E-state index contributed by atoms with van der Waals surface area (Å²) in [5.41, 5.74) is 6.85. The topological polar surface area (TPSA) is 172 Å². The molecule has 12 nitrogen and oxygen atoms in total. The summed E-state index contributed by atoms with van der Waals surface area (Å²) < 4.78 is 33.1. The normalized spacial score (nSPS) is 16.2. The van der Waals surface area contributed by atoms with Gasteiger partial charge in [-0.15, -0.1) is 9.50 Å². The first kappa shape index (κ1) is 19.9. The number of aromatic nitrogens is 4. The fourth-order valence-electron chi connectivity index (χ4n) is 2.91. The summed E-state index contributed by atoms with van der Waals surface area (Å²) in [4.78, 5) is 12.6. The number of amides is 1. The summed E-state index contributed by atoms with van der Waals surface area (Å²) in [5.74, 6) is 0.0479. The van der Waals surface area contributed by atoms with Gasteiger partial charge in [0, 0.05) is 11.8 Å². The van der Waals surface area contributed by atoms with Gasteiger partial charge in [-0.3, -0.25) is 18.6 Å². The number of carbonyl (C=O) groups excluding carboxylic acids is 1. The van der Waals surface area contributed by atoms with Crippen molar-refractivity contribution in [1.29, 1.82) is 0 Å². The Labute approximate surface area is 172 Å². The molecule has 158 valence electrons. The molecule has 0 fully saturated rings. The van der Waals surface area contributed by atoms with Gasteiger partial charge in [-0.25, -0.2) is 4.52 Å². The molecule has 0 atom stereocenters. The van der Waals surface area contributed by atoms with Crippen molar-refractivity contribution >= 4 is 34.0 Å². The van der Waals surface area contributed by atoms with E-state index in [0.29, 0.717) is 28.2 Å². The molecule has 2 aromatic heterocycles. The Morgan fingerprint density at radius 1 is 1.37 bits per heavy atom. The third-order valence-electron chi connectivity index (χ3n) is 4.26. The van der Waals surface area contributed by atoms with Crippen molar-refractivity contribution in [3.05, 3.63) is 47.7 Å². The zero-order valence-corrected chi connectivity index (χ0v) is 16.9. The average molecular weight is 432 g/mol. The van der Waals surface area contributed by atoms with Crippen LogP contribution in [0, 0.1) is 0 Å². The molecule has 4 rings (SSSR count). The minimum atomic E-state index is -3.38. The van der Waals surface area contributed by atoms with Crippen LogP contribution in [0.5, 0.6) is 5.75 Å². The number of pyridine rings is 1. The Balaban J connectivity index is 1.47. The van der Waals surface area contributed by atoms with Crippen molar-refractivity contribution in [1.82, 2.24) is 25.4 Å². The van der Waals surface area contributed by atoms with Gasteiger partial charge in [0.1, 0.15) is 12.4 Å². The van der Waals surface area contributed by atoms with E-state index in [9.17, 15) is 13.9 Å². The number of amidine groups is 1. The summed E-state index contributed by atoms with van der Waals surface area (Å²) in [7, 11) is -3.38. The number of anilines is 1. The molecule has 0 spiro atoms. The van der Waals surface area contributed by atoms with Crippen LogP contribution in [-0.2, 0) is 0 Å². The Morgan fingerprint density at radius 2 is 2.17 bits per heavy atom. The number of benzene rings is 1. The highest BCUT2D eigenvalue weighted by atomic mass is 32.3. The zero-order chi connectivity index (χ0) is 21.5. The van der Waals surface area contributed by atoms with Crippen molar-refractivity contribution in [3.63, 3.8) is 0 Å². The average Bonchev–Trinajstić information content (AvgIpc) is 3.12. The van der Waals surface area contributed by atoms with Crippen LogP contribution in [0.4, 0.5) is 5.69 Å². The van der Waals surface area contributed by atoms with Crippen molar-refractivity contribution in [3.8, 4) is 5.75 Å². The standard InChI is InChI=1S/C17H20N8O4S/c1-17(2,19-16(26)10-6-7-25-13(8-10)20-23-24-25)9-29-12-5-3-4-11-14(12)15(18)22-30(27,28)21-11/h3-8,21,27-28H,9H2,1-2H3,(H2,18,22)(H,19,26). The van der Waals surface area contributed by atoms with Crippen molar-refractivity contribution < 1.29 is 18.6 Å². The first-order valence-electron chi connectivity index (χ1n) is 8.81. The molecule has 1 aliphatic heterocycles. The molecule has 0 bridgehead atoms. The van der Waals surface area contributed by atoms with Crippen LogP contribution in [0.1, 0.15) is 29.8 Å². The van der Waals surface area contributed by atoms with E-state index in [4.69, 9.17) is 10.5 Å². The number of hydrogen-bond donors (Lipinski definition) is 5. The van der Waals surface area contributed by atoms with E-state index in [0.717, 1.165) is 0 Å². The number of carbonyl (C=O) groups is 1. The van der Waals surface area contributed by atoms with E-state index >= 15 is 0 Å². The number of nitrogens with two attached hydrogens (primary N) is 1. The van der Waals surface area contributed by atoms with Crippen LogP contribution in [0.3, 0.4) is 0 Å². The van der Waals surface area contributed by atoms with Crippen LogP contribution in [0.2, 0.25) is 0 Å². The fraction of sp³-hybridized carbons (Fsp3) is 0.235. The summed E-state index contributed by atoms with van der Waals surface area (Å²) in [6.07, 6.45) is 1.60. The monoisotopic (exact) mass is 432 g/mol. The van der Waals surface area contributed by atoms with Gasteiger partial charge in [0.2, 0.25) is 0 Å². The molecule has 0 saturated heterocycles. The maximum absolute atomic E-state index is 12.6. The van der Waals surface area contributed by atoms with E-state index in [1.807, 2.05) is 13.8 Å². The molecule has 1 aliphatic rings. The molecule has 13 heteroatoms. The Kier molecular flexibility index (Phi) is 4.72. The molecule has 0 aliphatic carbocycles. The zero-order valence-electron chi connectivity index (χ0n) is 16.1. The maximum atomic E-state index is 12.6. The van der Waals surface area contributed by atoms with Crippen molar-refractivity contribution in [2.45, 2.75) is 19.4 Å². The smallest absolute Gasteiger partial charge is 0.252 e.